The van der Waals surface area contributed by atoms with Crippen LogP contribution in [0.15, 0.2) is 0 Å². The summed E-state index contributed by atoms with van der Waals surface area (Å²) in [5.41, 5.74) is 4.84. The van der Waals surface area contributed by atoms with Crippen molar-refractivity contribution in [3.05, 3.63) is 0 Å². The Morgan fingerprint density at radius 3 is 2.64 bits per heavy atom. The molecule has 0 bridgehead atoms. The van der Waals surface area contributed by atoms with Gasteiger partial charge in [-0.05, 0) is 6.92 Å². The van der Waals surface area contributed by atoms with Crippen LogP contribution in [-0.4, -0.2) is 50.2 Å². The van der Waals surface area contributed by atoms with Crippen LogP contribution in [0.3, 0.4) is 0 Å². The molecule has 0 saturated carbocycles. The van der Waals surface area contributed by atoms with E-state index < -0.39 is 5.91 Å². The van der Waals surface area contributed by atoms with Crippen LogP contribution in [0, 0.1) is 0 Å². The predicted molar refractivity (Wildman–Crippen MR) is 51.7 cm³/mol. The number of primary amides is 1. The van der Waals surface area contributed by atoms with Gasteiger partial charge in [0.25, 0.3) is 0 Å². The molecule has 0 aliphatic heterocycles. The van der Waals surface area contributed by atoms with Gasteiger partial charge in [-0.15, -0.1) is 0 Å². The van der Waals surface area contributed by atoms with Crippen LogP contribution >= 0.6 is 0 Å². The minimum atomic E-state index is -0.512. The van der Waals surface area contributed by atoms with Gasteiger partial charge in [0.1, 0.15) is 6.61 Å². The maximum Gasteiger partial charge on any atom is 0.317 e. The van der Waals surface area contributed by atoms with Gasteiger partial charge in [0, 0.05) is 20.1 Å². The minimum Gasteiger partial charge on any atom is -0.370 e. The van der Waals surface area contributed by atoms with Crippen molar-refractivity contribution in [2.75, 3.05) is 33.4 Å². The monoisotopic (exact) mass is 203 g/mol. The smallest absolute Gasteiger partial charge is 0.317 e. The van der Waals surface area contributed by atoms with Crippen molar-refractivity contribution in [3.63, 3.8) is 0 Å². The number of nitrogens with one attached hydrogen (secondary N) is 1. The van der Waals surface area contributed by atoms with Gasteiger partial charge in [-0.3, -0.25) is 4.79 Å². The third kappa shape index (κ3) is 6.24. The summed E-state index contributed by atoms with van der Waals surface area (Å²) in [6.07, 6.45) is 0. The number of amides is 3. The third-order valence-corrected chi connectivity index (χ3v) is 1.59. The molecule has 0 atom stereocenters. The molecular formula is C8H17N3O3. The summed E-state index contributed by atoms with van der Waals surface area (Å²) >= 11 is 0. The summed E-state index contributed by atoms with van der Waals surface area (Å²) in [7, 11) is 1.69. The number of urea groups is 1. The molecule has 3 N–H and O–H groups in total. The van der Waals surface area contributed by atoms with Gasteiger partial charge in [0.2, 0.25) is 5.91 Å². The van der Waals surface area contributed by atoms with E-state index in [1.54, 1.807) is 7.05 Å². The molecule has 0 aromatic carbocycles. The zero-order valence-electron chi connectivity index (χ0n) is 8.58. The summed E-state index contributed by atoms with van der Waals surface area (Å²) in [4.78, 5) is 22.9. The van der Waals surface area contributed by atoms with Crippen LogP contribution < -0.4 is 11.1 Å². The molecule has 0 aliphatic rings. The highest BCUT2D eigenvalue weighted by atomic mass is 16.5. The van der Waals surface area contributed by atoms with E-state index in [1.165, 1.54) is 4.90 Å². The van der Waals surface area contributed by atoms with Crippen molar-refractivity contribution in [2.45, 2.75) is 6.92 Å². The molecule has 0 aromatic rings. The van der Waals surface area contributed by atoms with E-state index in [4.69, 9.17) is 10.5 Å². The van der Waals surface area contributed by atoms with Crippen molar-refractivity contribution in [3.8, 4) is 0 Å². The largest absolute Gasteiger partial charge is 0.370 e. The predicted octanol–water partition coefficient (Wildman–Crippen LogP) is -0.850. The maximum absolute atomic E-state index is 11.1. The normalized spacial score (nSPS) is 9.57. The second kappa shape index (κ2) is 7.14. The van der Waals surface area contributed by atoms with Crippen molar-refractivity contribution >= 4 is 11.9 Å². The molecule has 0 aromatic heterocycles. The molecule has 0 radical (unpaired) electrons. The van der Waals surface area contributed by atoms with Crippen LogP contribution in [0.5, 0.6) is 0 Å². The molecule has 0 saturated heterocycles. The van der Waals surface area contributed by atoms with Crippen molar-refractivity contribution in [1.29, 1.82) is 0 Å². The molecule has 0 rings (SSSR count). The lowest BCUT2D eigenvalue weighted by Crippen LogP contribution is -2.38. The lowest BCUT2D eigenvalue weighted by atomic mass is 10.6. The molecule has 0 aliphatic carbocycles. The van der Waals surface area contributed by atoms with Gasteiger partial charge in [-0.1, -0.05) is 0 Å². The zero-order chi connectivity index (χ0) is 11.0. The lowest BCUT2D eigenvalue weighted by molar-refractivity contribution is -0.122. The lowest BCUT2D eigenvalue weighted by Gasteiger charge is -2.15. The Hall–Kier alpha value is -1.30. The number of hydrogen-bond acceptors (Lipinski definition) is 3. The molecule has 0 heterocycles. The fourth-order valence-electron chi connectivity index (χ4n) is 0.681. The number of nitrogens with two attached hydrogens (primary N) is 1. The van der Waals surface area contributed by atoms with Crippen molar-refractivity contribution < 1.29 is 14.3 Å². The van der Waals surface area contributed by atoms with Gasteiger partial charge in [0.05, 0.1) is 6.61 Å². The highest BCUT2D eigenvalue weighted by molar-refractivity contribution is 5.75. The average Bonchev–Trinajstić information content (AvgIpc) is 2.15. The number of hydrogen-bond donors (Lipinski definition) is 2. The van der Waals surface area contributed by atoms with Gasteiger partial charge in [-0.2, -0.15) is 0 Å². The van der Waals surface area contributed by atoms with Gasteiger partial charge < -0.3 is 20.7 Å². The van der Waals surface area contributed by atoms with Crippen LogP contribution in [0.2, 0.25) is 0 Å². The molecule has 0 spiro atoms. The fourth-order valence-corrected chi connectivity index (χ4v) is 0.681. The molecule has 14 heavy (non-hydrogen) atoms. The summed E-state index contributed by atoms with van der Waals surface area (Å²) in [5.74, 6) is -0.512. The van der Waals surface area contributed by atoms with E-state index in [0.29, 0.717) is 13.1 Å². The van der Waals surface area contributed by atoms with E-state index in [1.807, 2.05) is 6.92 Å². The van der Waals surface area contributed by atoms with E-state index in [2.05, 4.69) is 5.32 Å². The molecule has 6 heteroatoms. The Morgan fingerprint density at radius 1 is 1.50 bits per heavy atom. The van der Waals surface area contributed by atoms with Gasteiger partial charge in [0.15, 0.2) is 0 Å². The van der Waals surface area contributed by atoms with E-state index in [0.717, 1.165) is 0 Å². The van der Waals surface area contributed by atoms with Crippen LogP contribution in [0.25, 0.3) is 0 Å². The number of carbonyl (C=O) groups is 2. The number of rotatable bonds is 6. The third-order valence-electron chi connectivity index (χ3n) is 1.59. The van der Waals surface area contributed by atoms with Crippen LogP contribution in [0.1, 0.15) is 6.92 Å². The second-order valence-electron chi connectivity index (χ2n) is 2.77. The quantitative estimate of drug-likeness (QED) is 0.551. The summed E-state index contributed by atoms with van der Waals surface area (Å²) in [6.45, 7) is 3.07. The first-order valence-electron chi connectivity index (χ1n) is 4.43. The van der Waals surface area contributed by atoms with Crippen LogP contribution in [-0.2, 0) is 9.53 Å². The maximum atomic E-state index is 11.1. The van der Waals surface area contributed by atoms with Crippen LogP contribution in [0.4, 0.5) is 4.79 Å². The Balaban J connectivity index is 3.36. The van der Waals surface area contributed by atoms with Gasteiger partial charge >= 0.3 is 6.03 Å². The SMILES string of the molecule is CCN(C)C(=O)NCCOCC(N)=O. The van der Waals surface area contributed by atoms with Crippen molar-refractivity contribution in [2.24, 2.45) is 5.73 Å². The minimum absolute atomic E-state index is 0.112. The molecule has 6 nitrogen and oxygen atoms in total. The molecule has 3 amide bonds. The Kier molecular flexibility index (Phi) is 6.47. The first-order chi connectivity index (χ1) is 6.57. The average molecular weight is 203 g/mol. The van der Waals surface area contributed by atoms with E-state index in [9.17, 15) is 9.59 Å². The molecular weight excluding hydrogens is 186 g/mol. The van der Waals surface area contributed by atoms with Gasteiger partial charge in [-0.25, -0.2) is 4.79 Å². The number of nitrogens with zero attached hydrogens (tertiary/aromatic N) is 1. The number of carbonyl (C=O) groups excluding carboxylic acids is 2. The molecule has 0 unspecified atom stereocenters. The van der Waals surface area contributed by atoms with Crippen molar-refractivity contribution in [1.82, 2.24) is 10.2 Å². The van der Waals surface area contributed by atoms with E-state index >= 15 is 0 Å². The first-order valence-corrected chi connectivity index (χ1v) is 4.43. The summed E-state index contributed by atoms with van der Waals surface area (Å²) in [6, 6.07) is -0.157. The summed E-state index contributed by atoms with van der Waals surface area (Å²) < 4.78 is 4.85. The zero-order valence-corrected chi connectivity index (χ0v) is 8.58. The topological polar surface area (TPSA) is 84.7 Å². The van der Waals surface area contributed by atoms with E-state index in [-0.39, 0.29) is 19.2 Å². The highest BCUT2D eigenvalue weighted by Gasteiger charge is 2.03. The second-order valence-corrected chi connectivity index (χ2v) is 2.77. The highest BCUT2D eigenvalue weighted by Crippen LogP contribution is 1.81. The molecule has 82 valence electrons. The standard InChI is InChI=1S/C8H17N3O3/c1-3-11(2)8(13)10-4-5-14-6-7(9)12/h3-6H2,1-2H3,(H2,9,12)(H,10,13). The molecule has 0 fully saturated rings. The Labute approximate surface area is 83.4 Å². The fraction of sp³-hybridized carbons (Fsp3) is 0.750. The Bertz CT molecular complexity index is 196. The number of ether oxygens (including phenoxy) is 1. The Morgan fingerprint density at radius 2 is 2.14 bits per heavy atom. The summed E-state index contributed by atoms with van der Waals surface area (Å²) in [5, 5.41) is 2.62. The first kappa shape index (κ1) is 12.7.